The van der Waals surface area contributed by atoms with E-state index in [1.54, 1.807) is 44.3 Å². The molecule has 1 aliphatic rings. The number of aryl methyl sites for hydroxylation is 2. The molecule has 2 N–H and O–H groups in total. The van der Waals surface area contributed by atoms with Crippen LogP contribution in [0.1, 0.15) is 56.0 Å². The summed E-state index contributed by atoms with van der Waals surface area (Å²) >= 11 is 0. The van der Waals surface area contributed by atoms with Gasteiger partial charge in [-0.1, -0.05) is 24.6 Å². The Labute approximate surface area is 284 Å². The van der Waals surface area contributed by atoms with Gasteiger partial charge in [-0.05, 0) is 70.4 Å². The quantitative estimate of drug-likeness (QED) is 0.339. The highest BCUT2D eigenvalue weighted by Gasteiger charge is 2.32. The Hall–Kier alpha value is -3.50. The van der Waals surface area contributed by atoms with Crippen molar-refractivity contribution in [3.05, 3.63) is 66.1 Å². The Morgan fingerprint density at radius 3 is 2.46 bits per heavy atom. The average molecular weight is 706 g/mol. The van der Waals surface area contributed by atoms with Crippen molar-refractivity contribution >= 4 is 31.6 Å². The van der Waals surface area contributed by atoms with Crippen LogP contribution < -0.4 is 9.46 Å². The number of aliphatic hydroxyl groups excluding tert-OH is 1. The molecule has 0 unspecified atom stereocenters. The number of carbonyl (C=O) groups excluding carboxylic acids is 1. The van der Waals surface area contributed by atoms with Crippen LogP contribution in [0.2, 0.25) is 0 Å². The summed E-state index contributed by atoms with van der Waals surface area (Å²) < 4.78 is 70.8. The number of amides is 1. The number of aromatic nitrogens is 2. The van der Waals surface area contributed by atoms with Gasteiger partial charge in [-0.25, -0.2) is 13.4 Å². The molecule has 2 heterocycles. The molecule has 264 valence electrons. The van der Waals surface area contributed by atoms with Gasteiger partial charge in [0.25, 0.3) is 15.9 Å². The maximum Gasteiger partial charge on any atom is 0.280 e. The number of nitrogens with one attached hydrogen (secondary N) is 1. The fourth-order valence-corrected chi connectivity index (χ4v) is 7.64. The molecular weight excluding hydrogens is 659 g/mol. The van der Waals surface area contributed by atoms with Gasteiger partial charge >= 0.3 is 0 Å². The van der Waals surface area contributed by atoms with Crippen LogP contribution in [-0.4, -0.2) is 98.2 Å². The number of imidazole rings is 1. The lowest BCUT2D eigenvalue weighted by molar-refractivity contribution is -0.00833. The van der Waals surface area contributed by atoms with Gasteiger partial charge in [0.05, 0.1) is 41.6 Å². The number of rotatable bonds is 9. The summed E-state index contributed by atoms with van der Waals surface area (Å²) in [5.41, 5.74) is 1.20. The summed E-state index contributed by atoms with van der Waals surface area (Å²) in [6.07, 6.45) is 4.01. The van der Waals surface area contributed by atoms with Crippen molar-refractivity contribution in [1.82, 2.24) is 18.8 Å². The van der Waals surface area contributed by atoms with Crippen LogP contribution in [0.5, 0.6) is 5.75 Å². The molecule has 3 aromatic rings. The van der Waals surface area contributed by atoms with E-state index in [4.69, 9.17) is 9.47 Å². The average Bonchev–Trinajstić information content (AvgIpc) is 3.49. The van der Waals surface area contributed by atoms with Crippen molar-refractivity contribution in [2.45, 2.75) is 75.1 Å². The second kappa shape index (κ2) is 15.8. The SMILES string of the molecule is Cc1ccc(S(=O)(=O)N(C)C[C@H]2OCCCC[C@@H](C)Oc3ccc(NS(=O)(=O)c4cn(C)cn4)cc3C(=O)N([C@H](C)CO)C[C@H]2C)cc1. The maximum atomic E-state index is 14.3. The minimum atomic E-state index is -4.05. The lowest BCUT2D eigenvalue weighted by Gasteiger charge is -2.35. The molecule has 0 saturated carbocycles. The van der Waals surface area contributed by atoms with E-state index in [1.165, 1.54) is 45.5 Å². The molecule has 1 aliphatic heterocycles. The molecule has 0 spiro atoms. The second-order valence-electron chi connectivity index (χ2n) is 12.6. The molecule has 0 fully saturated rings. The minimum absolute atomic E-state index is 0.0441. The molecule has 2 aromatic carbocycles. The first kappa shape index (κ1) is 37.3. The summed E-state index contributed by atoms with van der Waals surface area (Å²) in [6.45, 7) is 7.56. The summed E-state index contributed by atoms with van der Waals surface area (Å²) in [7, 11) is -4.70. The van der Waals surface area contributed by atoms with E-state index >= 15 is 0 Å². The number of nitrogens with zero attached hydrogens (tertiary/aromatic N) is 4. The number of aliphatic hydroxyl groups is 1. The van der Waals surface area contributed by atoms with Crippen molar-refractivity contribution in [2.75, 3.05) is 38.1 Å². The van der Waals surface area contributed by atoms with Gasteiger partial charge in [0.1, 0.15) is 5.75 Å². The zero-order chi connectivity index (χ0) is 35.2. The second-order valence-corrected chi connectivity index (χ2v) is 16.3. The van der Waals surface area contributed by atoms with E-state index in [0.29, 0.717) is 19.4 Å². The van der Waals surface area contributed by atoms with E-state index in [9.17, 15) is 26.7 Å². The molecule has 0 radical (unpaired) electrons. The third-order valence-corrected chi connectivity index (χ3v) is 11.5. The number of sulfonamides is 2. The smallest absolute Gasteiger partial charge is 0.280 e. The Bertz CT molecular complexity index is 1760. The third-order valence-electron chi connectivity index (χ3n) is 8.43. The molecular formula is C33H47N5O8S2. The van der Waals surface area contributed by atoms with Crippen molar-refractivity contribution in [2.24, 2.45) is 13.0 Å². The molecule has 0 saturated heterocycles. The van der Waals surface area contributed by atoms with E-state index in [-0.39, 0.29) is 58.6 Å². The predicted octanol–water partition coefficient (Wildman–Crippen LogP) is 3.65. The zero-order valence-corrected chi connectivity index (χ0v) is 30.0. The van der Waals surface area contributed by atoms with E-state index in [2.05, 4.69) is 9.71 Å². The van der Waals surface area contributed by atoms with Crippen molar-refractivity contribution in [3.8, 4) is 5.75 Å². The van der Waals surface area contributed by atoms with Crippen LogP contribution in [0.4, 0.5) is 5.69 Å². The molecule has 1 aromatic heterocycles. The molecule has 15 heteroatoms. The third kappa shape index (κ3) is 9.14. The van der Waals surface area contributed by atoms with Gasteiger partial charge < -0.3 is 24.0 Å². The Kier molecular flexibility index (Phi) is 12.3. The van der Waals surface area contributed by atoms with E-state index < -0.39 is 38.1 Å². The monoisotopic (exact) mass is 705 g/mol. The Morgan fingerprint density at radius 1 is 1.10 bits per heavy atom. The number of benzene rings is 2. The van der Waals surface area contributed by atoms with Gasteiger partial charge in [0.15, 0.2) is 5.03 Å². The van der Waals surface area contributed by atoms with Crippen LogP contribution in [0.15, 0.2) is 64.9 Å². The largest absolute Gasteiger partial charge is 0.490 e. The number of hydrogen-bond donors (Lipinski definition) is 2. The summed E-state index contributed by atoms with van der Waals surface area (Å²) in [5, 5.41) is 10.0. The summed E-state index contributed by atoms with van der Waals surface area (Å²) in [6, 6.07) is 10.5. The maximum absolute atomic E-state index is 14.3. The van der Waals surface area contributed by atoms with Crippen LogP contribution in [0, 0.1) is 12.8 Å². The zero-order valence-electron chi connectivity index (χ0n) is 28.4. The number of anilines is 1. The minimum Gasteiger partial charge on any atom is -0.490 e. The number of fused-ring (bicyclic) bond motifs is 1. The van der Waals surface area contributed by atoms with E-state index in [0.717, 1.165) is 12.0 Å². The lowest BCUT2D eigenvalue weighted by Crippen LogP contribution is -2.48. The van der Waals surface area contributed by atoms with Gasteiger partial charge in [0.2, 0.25) is 10.0 Å². The Morgan fingerprint density at radius 2 is 1.81 bits per heavy atom. The van der Waals surface area contributed by atoms with Crippen molar-refractivity contribution in [3.63, 3.8) is 0 Å². The predicted molar refractivity (Wildman–Crippen MR) is 182 cm³/mol. The molecule has 4 rings (SSSR count). The number of likely N-dealkylation sites (N-methyl/N-ethyl adjacent to an activating group) is 1. The molecule has 48 heavy (non-hydrogen) atoms. The first-order valence-corrected chi connectivity index (χ1v) is 18.9. The normalized spacial score (nSPS) is 20.9. The summed E-state index contributed by atoms with van der Waals surface area (Å²) in [4.78, 5) is 19.9. The fraction of sp³-hybridized carbons (Fsp3) is 0.515. The number of ether oxygens (including phenoxy) is 2. The van der Waals surface area contributed by atoms with Crippen LogP contribution in [0.25, 0.3) is 0 Å². The molecule has 0 aliphatic carbocycles. The topological polar surface area (TPSA) is 160 Å². The van der Waals surface area contributed by atoms with Gasteiger partial charge in [-0.15, -0.1) is 0 Å². The van der Waals surface area contributed by atoms with Gasteiger partial charge in [-0.2, -0.15) is 12.7 Å². The standard InChI is InChI=1S/C33H47N5O8S2/c1-23-10-13-28(14-11-23)48(43,44)37(6)19-31-24(2)18-38(25(3)21-39)33(40)29-17-27(35-47(41,42)32-20-36(5)22-34-32)12-15-30(29)46-26(4)9-7-8-16-45-31/h10-15,17,20,22,24-26,31,35,39H,7-9,16,18-19,21H2,1-6H3/t24-,25-,26-,31-/m1/s1. The molecule has 0 bridgehead atoms. The highest BCUT2D eigenvalue weighted by molar-refractivity contribution is 7.92. The Balaban J connectivity index is 1.67. The van der Waals surface area contributed by atoms with Gasteiger partial charge in [-0.3, -0.25) is 9.52 Å². The molecule has 1 amide bonds. The summed E-state index contributed by atoms with van der Waals surface area (Å²) in [5.74, 6) is -0.568. The number of carbonyl (C=O) groups is 1. The first-order valence-electron chi connectivity index (χ1n) is 16.0. The van der Waals surface area contributed by atoms with Crippen LogP contribution in [0.3, 0.4) is 0 Å². The van der Waals surface area contributed by atoms with E-state index in [1.807, 2.05) is 20.8 Å². The first-order chi connectivity index (χ1) is 22.6. The number of hydrogen-bond acceptors (Lipinski definition) is 9. The fourth-order valence-electron chi connectivity index (χ4n) is 5.43. The highest BCUT2D eigenvalue weighted by Crippen LogP contribution is 2.29. The van der Waals surface area contributed by atoms with Crippen molar-refractivity contribution < 1.29 is 36.2 Å². The lowest BCUT2D eigenvalue weighted by atomic mass is 10.0. The molecule has 4 atom stereocenters. The van der Waals surface area contributed by atoms with Gasteiger partial charge in [0, 0.05) is 51.6 Å². The highest BCUT2D eigenvalue weighted by atomic mass is 32.2. The molecule has 13 nitrogen and oxygen atoms in total. The van der Waals surface area contributed by atoms with Crippen molar-refractivity contribution in [1.29, 1.82) is 0 Å². The van der Waals surface area contributed by atoms with Crippen LogP contribution >= 0.6 is 0 Å². The van der Waals surface area contributed by atoms with Crippen LogP contribution in [-0.2, 0) is 31.8 Å².